The van der Waals surface area contributed by atoms with Crippen molar-refractivity contribution in [1.82, 2.24) is 25.4 Å². The summed E-state index contributed by atoms with van der Waals surface area (Å²) in [7, 11) is 0. The lowest BCUT2D eigenvalue weighted by molar-refractivity contribution is -0.123. The molecule has 0 spiro atoms. The molecule has 0 bridgehead atoms. The van der Waals surface area contributed by atoms with Gasteiger partial charge in [-0.1, -0.05) is 68.1 Å². The number of aryl methyl sites for hydroxylation is 1. The van der Waals surface area contributed by atoms with Gasteiger partial charge in [0.25, 0.3) is 5.91 Å². The van der Waals surface area contributed by atoms with E-state index in [1.165, 1.54) is 11.8 Å². The van der Waals surface area contributed by atoms with Crippen molar-refractivity contribution in [3.63, 3.8) is 0 Å². The third-order valence-corrected chi connectivity index (χ3v) is 6.68. The molecule has 1 heterocycles. The van der Waals surface area contributed by atoms with E-state index in [2.05, 4.69) is 34.7 Å². The number of hydrogen-bond donors (Lipinski definition) is 2. The molecule has 192 valence electrons. The van der Waals surface area contributed by atoms with Crippen LogP contribution in [0.25, 0.3) is 0 Å². The number of ether oxygens (including phenoxy) is 1. The second-order valence-electron chi connectivity index (χ2n) is 8.89. The molecule has 9 heteroatoms. The lowest BCUT2D eigenvalue weighted by Crippen LogP contribution is -2.30. The second kappa shape index (κ2) is 13.1. The molecule has 1 atom stereocenters. The first-order chi connectivity index (χ1) is 17.3. The number of thioether (sulfide) groups is 1. The van der Waals surface area contributed by atoms with Crippen LogP contribution in [0.2, 0.25) is 0 Å². The van der Waals surface area contributed by atoms with E-state index in [1.807, 2.05) is 73.9 Å². The third-order valence-electron chi connectivity index (χ3n) is 5.71. The van der Waals surface area contributed by atoms with Crippen LogP contribution in [0.3, 0.4) is 0 Å². The van der Waals surface area contributed by atoms with Gasteiger partial charge in [-0.25, -0.2) is 0 Å². The lowest BCUT2D eigenvalue weighted by Gasteiger charge is -2.15. The van der Waals surface area contributed by atoms with E-state index in [0.29, 0.717) is 23.4 Å². The quantitative estimate of drug-likeness (QED) is 0.351. The van der Waals surface area contributed by atoms with Crippen LogP contribution in [0.5, 0.6) is 5.75 Å². The number of amides is 2. The highest BCUT2D eigenvalue weighted by Crippen LogP contribution is 2.27. The zero-order chi connectivity index (χ0) is 26.1. The summed E-state index contributed by atoms with van der Waals surface area (Å²) in [6, 6.07) is 15.8. The van der Waals surface area contributed by atoms with Gasteiger partial charge in [0, 0.05) is 6.54 Å². The second-order valence-corrected chi connectivity index (χ2v) is 9.84. The van der Waals surface area contributed by atoms with Gasteiger partial charge in [-0.05, 0) is 49.4 Å². The van der Waals surface area contributed by atoms with Gasteiger partial charge in [0.05, 0.1) is 18.3 Å². The fourth-order valence-corrected chi connectivity index (χ4v) is 4.56. The third kappa shape index (κ3) is 7.58. The molecule has 0 fully saturated rings. The molecule has 0 saturated carbocycles. The molecule has 0 radical (unpaired) electrons. The highest BCUT2D eigenvalue weighted by atomic mass is 32.2. The first-order valence-electron chi connectivity index (χ1n) is 12.2. The van der Waals surface area contributed by atoms with Crippen LogP contribution >= 0.6 is 11.8 Å². The summed E-state index contributed by atoms with van der Waals surface area (Å²) in [6.45, 7) is 10.9. The predicted octanol–water partition coefficient (Wildman–Crippen LogP) is 4.39. The molecule has 0 unspecified atom stereocenters. The minimum atomic E-state index is -0.236. The van der Waals surface area contributed by atoms with Crippen LogP contribution in [0, 0.1) is 6.92 Å². The Kier molecular flexibility index (Phi) is 9.93. The van der Waals surface area contributed by atoms with Crippen LogP contribution in [-0.4, -0.2) is 38.9 Å². The Hall–Kier alpha value is -3.33. The Balaban J connectivity index is 1.50. The molecule has 2 amide bonds. The number of hydrogen-bond acceptors (Lipinski definition) is 6. The predicted molar refractivity (Wildman–Crippen MR) is 142 cm³/mol. The summed E-state index contributed by atoms with van der Waals surface area (Å²) in [4.78, 5) is 24.9. The van der Waals surface area contributed by atoms with Crippen molar-refractivity contribution in [2.45, 2.75) is 64.8 Å². The number of carbonyl (C=O) groups excluding carboxylic acids is 2. The number of carbonyl (C=O) groups is 2. The van der Waals surface area contributed by atoms with Gasteiger partial charge in [0.2, 0.25) is 5.91 Å². The van der Waals surface area contributed by atoms with Gasteiger partial charge in [-0.15, -0.1) is 10.2 Å². The number of nitrogens with one attached hydrogen (secondary N) is 2. The van der Waals surface area contributed by atoms with E-state index >= 15 is 0 Å². The van der Waals surface area contributed by atoms with Gasteiger partial charge >= 0.3 is 0 Å². The SMILES string of the molecule is CCn1c(CNC(=O)COc2cc(C)ccc2C(C)C)nnc1SCC(=O)N[C@@H](C)c1ccccc1. The van der Waals surface area contributed by atoms with Crippen LogP contribution in [0.1, 0.15) is 62.2 Å². The van der Waals surface area contributed by atoms with E-state index in [1.54, 1.807) is 0 Å². The molecule has 0 aliphatic carbocycles. The molecule has 3 rings (SSSR count). The molecular weight excluding hydrogens is 474 g/mol. The van der Waals surface area contributed by atoms with Crippen molar-refractivity contribution < 1.29 is 14.3 Å². The molecule has 8 nitrogen and oxygen atoms in total. The fraction of sp³-hybridized carbons (Fsp3) is 0.407. The van der Waals surface area contributed by atoms with E-state index in [-0.39, 0.29) is 36.8 Å². The number of nitrogens with zero attached hydrogens (tertiary/aromatic N) is 3. The van der Waals surface area contributed by atoms with Crippen LogP contribution in [0.4, 0.5) is 0 Å². The number of benzene rings is 2. The van der Waals surface area contributed by atoms with Crippen molar-refractivity contribution in [3.8, 4) is 5.75 Å². The van der Waals surface area contributed by atoms with Crippen molar-refractivity contribution in [1.29, 1.82) is 0 Å². The number of rotatable bonds is 12. The first-order valence-corrected chi connectivity index (χ1v) is 13.2. The van der Waals surface area contributed by atoms with Crippen molar-refractivity contribution in [2.24, 2.45) is 0 Å². The summed E-state index contributed by atoms with van der Waals surface area (Å²) < 4.78 is 7.72. The molecule has 0 saturated heterocycles. The van der Waals surface area contributed by atoms with Gasteiger partial charge in [-0.2, -0.15) is 0 Å². The Morgan fingerprint density at radius 3 is 2.50 bits per heavy atom. The normalized spacial score (nSPS) is 11.8. The maximum atomic E-state index is 12.4. The zero-order valence-corrected chi connectivity index (χ0v) is 22.4. The Morgan fingerprint density at radius 2 is 1.81 bits per heavy atom. The molecule has 2 N–H and O–H groups in total. The largest absolute Gasteiger partial charge is 0.483 e. The van der Waals surface area contributed by atoms with Gasteiger partial charge in [-0.3, -0.25) is 9.59 Å². The lowest BCUT2D eigenvalue weighted by atomic mass is 10.0. The van der Waals surface area contributed by atoms with E-state index < -0.39 is 0 Å². The molecule has 0 aliphatic heterocycles. The molecule has 2 aromatic carbocycles. The van der Waals surface area contributed by atoms with E-state index in [4.69, 9.17) is 4.74 Å². The summed E-state index contributed by atoms with van der Waals surface area (Å²) in [5.74, 6) is 1.57. The van der Waals surface area contributed by atoms with Crippen molar-refractivity contribution in [3.05, 3.63) is 71.0 Å². The smallest absolute Gasteiger partial charge is 0.258 e. The molecular formula is C27H35N5O3S. The average molecular weight is 510 g/mol. The molecule has 3 aromatic rings. The Labute approximate surface area is 217 Å². The molecule has 0 aliphatic rings. The summed E-state index contributed by atoms with van der Waals surface area (Å²) in [6.07, 6.45) is 0. The topological polar surface area (TPSA) is 98.1 Å². The highest BCUT2D eigenvalue weighted by Gasteiger charge is 2.16. The standard InChI is InChI=1S/C27H35N5O3S/c1-6-32-24(15-28-25(33)16-35-23-14-19(4)12-13-22(23)18(2)3)30-31-27(32)36-17-26(34)29-20(5)21-10-8-7-9-11-21/h7-14,18,20H,6,15-17H2,1-5H3,(H,28,33)(H,29,34)/t20-/m0/s1. The fourth-order valence-electron chi connectivity index (χ4n) is 3.73. The van der Waals surface area contributed by atoms with Crippen LogP contribution in [0.15, 0.2) is 53.7 Å². The average Bonchev–Trinajstić information content (AvgIpc) is 3.27. The minimum Gasteiger partial charge on any atom is -0.483 e. The van der Waals surface area contributed by atoms with Gasteiger partial charge in [0.15, 0.2) is 17.6 Å². The van der Waals surface area contributed by atoms with E-state index in [0.717, 1.165) is 22.4 Å². The van der Waals surface area contributed by atoms with Crippen molar-refractivity contribution >= 4 is 23.6 Å². The molecule has 1 aromatic heterocycles. The minimum absolute atomic E-state index is 0.0762. The summed E-state index contributed by atoms with van der Waals surface area (Å²) >= 11 is 1.33. The first kappa shape index (κ1) is 27.3. The highest BCUT2D eigenvalue weighted by molar-refractivity contribution is 7.99. The maximum Gasteiger partial charge on any atom is 0.258 e. The monoisotopic (exact) mass is 509 g/mol. The Bertz CT molecular complexity index is 1160. The number of aromatic nitrogens is 3. The van der Waals surface area contributed by atoms with Crippen LogP contribution < -0.4 is 15.4 Å². The summed E-state index contributed by atoms with van der Waals surface area (Å²) in [5.41, 5.74) is 3.21. The van der Waals surface area contributed by atoms with Crippen molar-refractivity contribution in [2.75, 3.05) is 12.4 Å². The van der Waals surface area contributed by atoms with Gasteiger partial charge < -0.3 is 19.9 Å². The maximum absolute atomic E-state index is 12.4. The molecule has 36 heavy (non-hydrogen) atoms. The van der Waals surface area contributed by atoms with Crippen LogP contribution in [-0.2, 0) is 22.7 Å². The zero-order valence-electron chi connectivity index (χ0n) is 21.6. The van der Waals surface area contributed by atoms with Gasteiger partial charge in [0.1, 0.15) is 5.75 Å². The summed E-state index contributed by atoms with van der Waals surface area (Å²) in [5, 5.41) is 14.9. The van der Waals surface area contributed by atoms with E-state index in [9.17, 15) is 9.59 Å². The Morgan fingerprint density at radius 1 is 1.06 bits per heavy atom.